The Bertz CT molecular complexity index is 1110. The van der Waals surface area contributed by atoms with Gasteiger partial charge in [-0.1, -0.05) is 42.6 Å². The molecule has 0 bridgehead atoms. The monoisotopic (exact) mass is 497 g/mol. The molecule has 1 aliphatic rings. The van der Waals surface area contributed by atoms with Gasteiger partial charge in [0.2, 0.25) is 5.91 Å². The van der Waals surface area contributed by atoms with Gasteiger partial charge in [0.1, 0.15) is 6.04 Å². The molecular formula is C22H25Cl2N3O4S. The number of rotatable bonds is 8. The van der Waals surface area contributed by atoms with Crippen molar-refractivity contribution >= 4 is 50.7 Å². The molecule has 1 atom stereocenters. The summed E-state index contributed by atoms with van der Waals surface area (Å²) in [6.45, 7) is 3.10. The molecule has 0 saturated carbocycles. The van der Waals surface area contributed by atoms with Crippen LogP contribution in [0.25, 0.3) is 0 Å². The number of nitrogens with zero attached hydrogens (tertiary/aromatic N) is 1. The average Bonchev–Trinajstić information content (AvgIpc) is 3.25. The fourth-order valence-electron chi connectivity index (χ4n) is 3.53. The van der Waals surface area contributed by atoms with Crippen molar-refractivity contribution in [2.45, 2.75) is 43.5 Å². The van der Waals surface area contributed by atoms with Gasteiger partial charge in [0.05, 0.1) is 14.9 Å². The standard InChI is InChI=1S/C22H25Cl2N3O4S/c1-2-3-11-25-21(28)20-8-5-12-27(20)22(29)15-6-4-7-16(13-15)26-32(30,31)17-9-10-18(23)19(24)14-17/h4,6-7,9-10,13-14,20,26H,2-3,5,8,11-12H2,1H3,(H,25,28)/t20-/m0/s1. The predicted octanol–water partition coefficient (Wildman–Crippen LogP) is 4.32. The zero-order valence-electron chi connectivity index (χ0n) is 17.6. The number of carbonyl (C=O) groups excluding carboxylic acids is 2. The molecule has 10 heteroatoms. The van der Waals surface area contributed by atoms with Crippen LogP contribution in [0.2, 0.25) is 10.0 Å². The smallest absolute Gasteiger partial charge is 0.261 e. The molecule has 1 aliphatic heterocycles. The van der Waals surface area contributed by atoms with Crippen molar-refractivity contribution in [3.05, 3.63) is 58.1 Å². The van der Waals surface area contributed by atoms with Crippen LogP contribution in [0.15, 0.2) is 47.4 Å². The number of benzene rings is 2. The highest BCUT2D eigenvalue weighted by Crippen LogP contribution is 2.27. The van der Waals surface area contributed by atoms with Gasteiger partial charge in [-0.05, 0) is 55.7 Å². The number of hydrogen-bond donors (Lipinski definition) is 2. The molecule has 1 fully saturated rings. The van der Waals surface area contributed by atoms with Gasteiger partial charge in [-0.25, -0.2) is 8.42 Å². The number of unbranched alkanes of at least 4 members (excludes halogenated alkanes) is 1. The minimum Gasteiger partial charge on any atom is -0.354 e. The summed E-state index contributed by atoms with van der Waals surface area (Å²) in [7, 11) is -3.93. The molecule has 2 aromatic rings. The van der Waals surface area contributed by atoms with E-state index in [1.54, 1.807) is 23.1 Å². The first-order chi connectivity index (χ1) is 15.2. The zero-order valence-corrected chi connectivity index (χ0v) is 19.9. The maximum absolute atomic E-state index is 13.1. The van der Waals surface area contributed by atoms with Crippen LogP contribution in [0, 0.1) is 0 Å². The first-order valence-corrected chi connectivity index (χ1v) is 12.6. The summed E-state index contributed by atoms with van der Waals surface area (Å²) in [6.07, 6.45) is 3.19. The van der Waals surface area contributed by atoms with Gasteiger partial charge in [0, 0.05) is 24.3 Å². The first kappa shape index (κ1) is 24.4. The van der Waals surface area contributed by atoms with Gasteiger partial charge >= 0.3 is 0 Å². The third-order valence-corrected chi connectivity index (χ3v) is 7.33. The average molecular weight is 498 g/mol. The van der Waals surface area contributed by atoms with E-state index < -0.39 is 16.1 Å². The highest BCUT2D eigenvalue weighted by Gasteiger charge is 2.34. The Hall–Kier alpha value is -2.29. The summed E-state index contributed by atoms with van der Waals surface area (Å²) in [5.74, 6) is -0.463. The van der Waals surface area contributed by atoms with Gasteiger partial charge in [0.15, 0.2) is 0 Å². The first-order valence-electron chi connectivity index (χ1n) is 10.4. The van der Waals surface area contributed by atoms with Crippen molar-refractivity contribution in [1.82, 2.24) is 10.2 Å². The molecule has 0 aromatic heterocycles. The third kappa shape index (κ3) is 5.74. The second kappa shape index (κ2) is 10.6. The molecule has 7 nitrogen and oxygen atoms in total. The van der Waals surface area contributed by atoms with E-state index in [4.69, 9.17) is 23.2 Å². The van der Waals surface area contributed by atoms with Gasteiger partial charge in [-0.2, -0.15) is 0 Å². The summed E-state index contributed by atoms with van der Waals surface area (Å²) in [5.41, 5.74) is 0.526. The van der Waals surface area contributed by atoms with Gasteiger partial charge in [-0.3, -0.25) is 14.3 Å². The molecular weight excluding hydrogens is 473 g/mol. The lowest BCUT2D eigenvalue weighted by Crippen LogP contribution is -2.46. The van der Waals surface area contributed by atoms with Crippen LogP contribution in [0.3, 0.4) is 0 Å². The zero-order chi connectivity index (χ0) is 23.3. The van der Waals surface area contributed by atoms with Crippen molar-refractivity contribution in [2.24, 2.45) is 0 Å². The molecule has 0 unspecified atom stereocenters. The lowest BCUT2D eigenvalue weighted by Gasteiger charge is -2.24. The van der Waals surface area contributed by atoms with E-state index in [0.717, 1.165) is 19.3 Å². The number of likely N-dealkylation sites (tertiary alicyclic amines) is 1. The Morgan fingerprint density at radius 2 is 1.91 bits per heavy atom. The Kier molecular flexibility index (Phi) is 8.03. The second-order valence-corrected chi connectivity index (χ2v) is 10.1. The number of nitrogens with one attached hydrogen (secondary N) is 2. The van der Waals surface area contributed by atoms with E-state index in [1.165, 1.54) is 24.3 Å². The van der Waals surface area contributed by atoms with Crippen molar-refractivity contribution in [1.29, 1.82) is 0 Å². The van der Waals surface area contributed by atoms with Crippen LogP contribution >= 0.6 is 23.2 Å². The molecule has 0 spiro atoms. The highest BCUT2D eigenvalue weighted by atomic mass is 35.5. The van der Waals surface area contributed by atoms with E-state index in [2.05, 4.69) is 10.0 Å². The molecule has 32 heavy (non-hydrogen) atoms. The molecule has 1 heterocycles. The Morgan fingerprint density at radius 1 is 1.12 bits per heavy atom. The molecule has 2 aromatic carbocycles. The quantitative estimate of drug-likeness (QED) is 0.530. The number of sulfonamides is 1. The molecule has 0 aliphatic carbocycles. The molecule has 2 amide bonds. The van der Waals surface area contributed by atoms with Crippen molar-refractivity contribution < 1.29 is 18.0 Å². The number of carbonyl (C=O) groups is 2. The summed E-state index contributed by atoms with van der Waals surface area (Å²) >= 11 is 11.8. The highest BCUT2D eigenvalue weighted by molar-refractivity contribution is 7.92. The summed E-state index contributed by atoms with van der Waals surface area (Å²) in [6, 6.07) is 9.68. The van der Waals surface area contributed by atoms with E-state index in [0.29, 0.717) is 25.1 Å². The van der Waals surface area contributed by atoms with E-state index in [9.17, 15) is 18.0 Å². The normalized spacial score (nSPS) is 16.1. The maximum Gasteiger partial charge on any atom is 0.261 e. The fourth-order valence-corrected chi connectivity index (χ4v) is 4.97. The number of anilines is 1. The van der Waals surface area contributed by atoms with Gasteiger partial charge in [-0.15, -0.1) is 0 Å². The van der Waals surface area contributed by atoms with Crippen LogP contribution in [-0.4, -0.2) is 44.3 Å². The van der Waals surface area contributed by atoms with Crippen LogP contribution < -0.4 is 10.0 Å². The van der Waals surface area contributed by atoms with Crippen molar-refractivity contribution in [2.75, 3.05) is 17.8 Å². The molecule has 0 radical (unpaired) electrons. The lowest BCUT2D eigenvalue weighted by atomic mass is 10.1. The topological polar surface area (TPSA) is 95.6 Å². The molecule has 2 N–H and O–H groups in total. The van der Waals surface area contributed by atoms with Crippen molar-refractivity contribution in [3.8, 4) is 0 Å². The number of hydrogen-bond acceptors (Lipinski definition) is 4. The Morgan fingerprint density at radius 3 is 2.62 bits per heavy atom. The van der Waals surface area contributed by atoms with Crippen molar-refractivity contribution in [3.63, 3.8) is 0 Å². The van der Waals surface area contributed by atoms with Crippen LogP contribution in [0.1, 0.15) is 43.0 Å². The van der Waals surface area contributed by atoms with E-state index in [-0.39, 0.29) is 32.4 Å². The largest absolute Gasteiger partial charge is 0.354 e. The SMILES string of the molecule is CCCCNC(=O)[C@@H]1CCCN1C(=O)c1cccc(NS(=O)(=O)c2ccc(Cl)c(Cl)c2)c1. The van der Waals surface area contributed by atoms with Crippen LogP contribution in [-0.2, 0) is 14.8 Å². The maximum atomic E-state index is 13.1. The van der Waals surface area contributed by atoms with Gasteiger partial charge < -0.3 is 10.2 Å². The minimum absolute atomic E-state index is 0.0491. The summed E-state index contributed by atoms with van der Waals surface area (Å²) in [5, 5.41) is 3.25. The lowest BCUT2D eigenvalue weighted by molar-refractivity contribution is -0.124. The van der Waals surface area contributed by atoms with Crippen LogP contribution in [0.5, 0.6) is 0 Å². The molecule has 172 valence electrons. The van der Waals surface area contributed by atoms with E-state index >= 15 is 0 Å². The predicted molar refractivity (Wildman–Crippen MR) is 126 cm³/mol. The van der Waals surface area contributed by atoms with Crippen LogP contribution in [0.4, 0.5) is 5.69 Å². The number of amides is 2. The minimum atomic E-state index is -3.93. The van der Waals surface area contributed by atoms with Gasteiger partial charge in [0.25, 0.3) is 15.9 Å². The Balaban J connectivity index is 1.75. The molecule has 3 rings (SSSR count). The number of halogens is 2. The second-order valence-electron chi connectivity index (χ2n) is 7.56. The third-order valence-electron chi connectivity index (χ3n) is 5.21. The molecule has 1 saturated heterocycles. The fraction of sp³-hybridized carbons (Fsp3) is 0.364. The Labute approximate surface area is 198 Å². The summed E-state index contributed by atoms with van der Waals surface area (Å²) < 4.78 is 27.9. The van der Waals surface area contributed by atoms with E-state index in [1.807, 2.05) is 6.92 Å². The summed E-state index contributed by atoms with van der Waals surface area (Å²) in [4.78, 5) is 27.1.